The Bertz CT molecular complexity index is 1150. The number of carbonyl (C=O) groups is 1. The largest absolute Gasteiger partial charge is 0.498 e. The van der Waals surface area contributed by atoms with Gasteiger partial charge in [0.25, 0.3) is 0 Å². The molecule has 3 heterocycles. The number of allylic oxidation sites excluding steroid dienone is 2. The SMILES string of the molecule is COC1=CC=C(c2[nH]c3ccc(C4=CCN(C(=O)OC(C)(C)C)CC4)nc3c2C)CC1OC. The van der Waals surface area contributed by atoms with Gasteiger partial charge in [0.05, 0.1) is 23.8 Å². The van der Waals surface area contributed by atoms with E-state index in [1.165, 1.54) is 5.57 Å². The molecule has 0 bridgehead atoms. The molecular formula is C26H33N3O4. The number of pyridine rings is 1. The second-order valence-electron chi connectivity index (χ2n) is 9.52. The van der Waals surface area contributed by atoms with Gasteiger partial charge in [0.1, 0.15) is 17.5 Å². The molecule has 1 aliphatic carbocycles. The van der Waals surface area contributed by atoms with E-state index in [1.54, 1.807) is 19.1 Å². The van der Waals surface area contributed by atoms with Crippen LogP contribution in [0.2, 0.25) is 0 Å². The van der Waals surface area contributed by atoms with Crippen molar-refractivity contribution < 1.29 is 19.0 Å². The first kappa shape index (κ1) is 23.1. The fraction of sp³-hybridized carbons (Fsp3) is 0.462. The predicted molar refractivity (Wildman–Crippen MR) is 130 cm³/mol. The summed E-state index contributed by atoms with van der Waals surface area (Å²) in [6.07, 6.45) is 7.26. The molecule has 7 nitrogen and oxygen atoms in total. The van der Waals surface area contributed by atoms with E-state index in [2.05, 4.69) is 30.1 Å². The topological polar surface area (TPSA) is 76.7 Å². The molecule has 1 aliphatic heterocycles. The molecule has 4 rings (SSSR count). The van der Waals surface area contributed by atoms with Crippen LogP contribution in [0, 0.1) is 6.92 Å². The Balaban J connectivity index is 1.56. The lowest BCUT2D eigenvalue weighted by molar-refractivity contribution is 0.0270. The zero-order chi connectivity index (χ0) is 23.8. The van der Waals surface area contributed by atoms with Gasteiger partial charge in [0.2, 0.25) is 0 Å². The first-order valence-corrected chi connectivity index (χ1v) is 11.3. The molecular weight excluding hydrogens is 418 g/mol. The standard InChI is InChI=1S/C26H33N3O4/c1-16-23(18-7-10-21(31-5)22(15-18)32-6)28-20-9-8-19(27-24(16)20)17-11-13-29(14-12-17)25(30)33-26(2,3)4/h7-11,22,28H,12-15H2,1-6H3. The smallest absolute Gasteiger partial charge is 0.410 e. The quantitative estimate of drug-likeness (QED) is 0.689. The summed E-state index contributed by atoms with van der Waals surface area (Å²) in [5, 5.41) is 0. The summed E-state index contributed by atoms with van der Waals surface area (Å²) >= 11 is 0. The van der Waals surface area contributed by atoms with Crippen LogP contribution in [-0.2, 0) is 14.2 Å². The Kier molecular flexibility index (Phi) is 6.34. The molecule has 2 aromatic heterocycles. The Morgan fingerprint density at radius 3 is 2.61 bits per heavy atom. The van der Waals surface area contributed by atoms with Crippen LogP contribution in [0.5, 0.6) is 0 Å². The third kappa shape index (κ3) is 4.83. The average Bonchev–Trinajstić information content (AvgIpc) is 3.13. The van der Waals surface area contributed by atoms with Crippen molar-refractivity contribution >= 4 is 28.3 Å². The summed E-state index contributed by atoms with van der Waals surface area (Å²) in [7, 11) is 3.37. The van der Waals surface area contributed by atoms with E-state index in [0.717, 1.165) is 52.2 Å². The number of hydrogen-bond acceptors (Lipinski definition) is 5. The first-order valence-electron chi connectivity index (χ1n) is 11.3. The zero-order valence-electron chi connectivity index (χ0n) is 20.3. The lowest BCUT2D eigenvalue weighted by Crippen LogP contribution is -2.39. The highest BCUT2D eigenvalue weighted by atomic mass is 16.6. The van der Waals surface area contributed by atoms with Crippen molar-refractivity contribution in [1.82, 2.24) is 14.9 Å². The first-order chi connectivity index (χ1) is 15.7. The van der Waals surface area contributed by atoms with E-state index < -0.39 is 5.60 Å². The summed E-state index contributed by atoms with van der Waals surface area (Å²) < 4.78 is 16.5. The van der Waals surface area contributed by atoms with Crippen LogP contribution in [0.3, 0.4) is 0 Å². The number of methoxy groups -OCH3 is 2. The second kappa shape index (κ2) is 9.06. The molecule has 0 saturated heterocycles. The normalized spacial score (nSPS) is 19.2. The Labute approximate surface area is 195 Å². The van der Waals surface area contributed by atoms with Crippen LogP contribution in [0.1, 0.15) is 50.6 Å². The van der Waals surface area contributed by atoms with Crippen molar-refractivity contribution in [1.29, 1.82) is 0 Å². The molecule has 0 saturated carbocycles. The van der Waals surface area contributed by atoms with Gasteiger partial charge >= 0.3 is 6.09 Å². The maximum absolute atomic E-state index is 12.3. The Hall–Kier alpha value is -3.06. The fourth-order valence-corrected chi connectivity index (χ4v) is 4.33. The van der Waals surface area contributed by atoms with E-state index in [-0.39, 0.29) is 12.2 Å². The van der Waals surface area contributed by atoms with Crippen molar-refractivity contribution in [3.63, 3.8) is 0 Å². The number of aromatic amines is 1. The number of H-pyrrole nitrogens is 1. The molecule has 7 heteroatoms. The average molecular weight is 452 g/mol. The molecule has 1 N–H and O–H groups in total. The maximum atomic E-state index is 12.3. The number of amides is 1. The fourth-order valence-electron chi connectivity index (χ4n) is 4.33. The summed E-state index contributed by atoms with van der Waals surface area (Å²) in [5.74, 6) is 0.833. The molecule has 2 aliphatic rings. The zero-order valence-corrected chi connectivity index (χ0v) is 20.3. The molecule has 0 aromatic carbocycles. The molecule has 1 amide bonds. The van der Waals surface area contributed by atoms with Gasteiger partial charge in [0.15, 0.2) is 0 Å². The van der Waals surface area contributed by atoms with Crippen molar-refractivity contribution in [2.24, 2.45) is 0 Å². The summed E-state index contributed by atoms with van der Waals surface area (Å²) in [6, 6.07) is 4.13. The van der Waals surface area contributed by atoms with Crippen molar-refractivity contribution in [2.75, 3.05) is 27.3 Å². The van der Waals surface area contributed by atoms with E-state index in [4.69, 9.17) is 19.2 Å². The molecule has 1 atom stereocenters. The van der Waals surface area contributed by atoms with Gasteiger partial charge in [-0.1, -0.05) is 12.2 Å². The van der Waals surface area contributed by atoms with Gasteiger partial charge in [-0.15, -0.1) is 0 Å². The van der Waals surface area contributed by atoms with Crippen LogP contribution >= 0.6 is 0 Å². The van der Waals surface area contributed by atoms with E-state index in [9.17, 15) is 4.79 Å². The van der Waals surface area contributed by atoms with E-state index in [0.29, 0.717) is 13.1 Å². The number of hydrogen-bond donors (Lipinski definition) is 1. The van der Waals surface area contributed by atoms with Crippen LogP contribution < -0.4 is 0 Å². The van der Waals surface area contributed by atoms with Gasteiger partial charge in [-0.2, -0.15) is 0 Å². The summed E-state index contributed by atoms with van der Waals surface area (Å²) in [6.45, 7) is 8.90. The number of carbonyl (C=O) groups excluding carboxylic acids is 1. The van der Waals surface area contributed by atoms with Crippen molar-refractivity contribution in [3.05, 3.63) is 53.1 Å². The van der Waals surface area contributed by atoms with Crippen LogP contribution in [0.25, 0.3) is 22.2 Å². The molecule has 0 fully saturated rings. The van der Waals surface area contributed by atoms with E-state index in [1.807, 2.05) is 32.9 Å². The number of nitrogens with one attached hydrogen (secondary N) is 1. The molecule has 2 aromatic rings. The van der Waals surface area contributed by atoms with Gasteiger partial charge in [0, 0.05) is 37.9 Å². The third-order valence-corrected chi connectivity index (χ3v) is 6.09. The molecule has 33 heavy (non-hydrogen) atoms. The van der Waals surface area contributed by atoms with Crippen LogP contribution in [0.15, 0.2) is 36.1 Å². The lowest BCUT2D eigenvalue weighted by atomic mass is 9.96. The molecule has 0 spiro atoms. The second-order valence-corrected chi connectivity index (χ2v) is 9.52. The van der Waals surface area contributed by atoms with E-state index >= 15 is 0 Å². The van der Waals surface area contributed by atoms with Gasteiger partial charge in [-0.25, -0.2) is 9.78 Å². The molecule has 176 valence electrons. The minimum Gasteiger partial charge on any atom is -0.498 e. The van der Waals surface area contributed by atoms with Crippen LogP contribution in [-0.4, -0.2) is 60.0 Å². The number of nitrogens with zero attached hydrogens (tertiary/aromatic N) is 2. The number of ether oxygens (including phenoxy) is 3. The predicted octanol–water partition coefficient (Wildman–Crippen LogP) is 5.23. The number of aryl methyl sites for hydroxylation is 1. The number of fused-ring (bicyclic) bond motifs is 1. The van der Waals surface area contributed by atoms with Crippen molar-refractivity contribution in [3.8, 4) is 0 Å². The minimum absolute atomic E-state index is 0.0929. The number of aromatic nitrogens is 2. The van der Waals surface area contributed by atoms with Gasteiger partial charge < -0.3 is 24.1 Å². The highest BCUT2D eigenvalue weighted by molar-refractivity contribution is 5.88. The Morgan fingerprint density at radius 2 is 1.97 bits per heavy atom. The summed E-state index contributed by atoms with van der Waals surface area (Å²) in [4.78, 5) is 22.6. The highest BCUT2D eigenvalue weighted by Crippen LogP contribution is 2.34. The third-order valence-electron chi connectivity index (χ3n) is 6.09. The lowest BCUT2D eigenvalue weighted by Gasteiger charge is -2.29. The van der Waals surface area contributed by atoms with Gasteiger partial charge in [-0.3, -0.25) is 0 Å². The maximum Gasteiger partial charge on any atom is 0.410 e. The summed E-state index contributed by atoms with van der Waals surface area (Å²) in [5.41, 5.74) is 6.96. The van der Waals surface area contributed by atoms with Crippen molar-refractivity contribution in [2.45, 2.75) is 52.2 Å². The highest BCUT2D eigenvalue weighted by Gasteiger charge is 2.25. The monoisotopic (exact) mass is 451 g/mol. The number of rotatable bonds is 4. The molecule has 1 unspecified atom stereocenters. The molecule has 0 radical (unpaired) electrons. The van der Waals surface area contributed by atoms with Crippen LogP contribution in [0.4, 0.5) is 4.79 Å². The Morgan fingerprint density at radius 1 is 1.18 bits per heavy atom. The van der Waals surface area contributed by atoms with Gasteiger partial charge in [-0.05, 0) is 63.5 Å². The minimum atomic E-state index is -0.491.